The topological polar surface area (TPSA) is 167 Å². The third kappa shape index (κ3) is 6.35. The van der Waals surface area contributed by atoms with Gasteiger partial charge in [-0.2, -0.15) is 4.99 Å². The molecule has 204 valence electrons. The summed E-state index contributed by atoms with van der Waals surface area (Å²) in [5.41, 5.74) is 11.7. The van der Waals surface area contributed by atoms with Gasteiger partial charge < -0.3 is 21.1 Å². The third-order valence-electron chi connectivity index (χ3n) is 5.51. The first kappa shape index (κ1) is 29.2. The van der Waals surface area contributed by atoms with E-state index in [1.165, 1.54) is 51.9 Å². The van der Waals surface area contributed by atoms with Crippen molar-refractivity contribution in [2.75, 3.05) is 23.1 Å². The molecule has 0 bridgehead atoms. The normalized spacial score (nSPS) is 22.9. The maximum Gasteiger partial charge on any atom is 0.353 e. The number of amides is 2. The predicted octanol–water partition coefficient (Wildman–Crippen LogP) is 2.45. The van der Waals surface area contributed by atoms with Crippen LogP contribution in [0.3, 0.4) is 0 Å². The van der Waals surface area contributed by atoms with Gasteiger partial charge in [0.2, 0.25) is 11.9 Å². The van der Waals surface area contributed by atoms with Crippen LogP contribution in [0.25, 0.3) is 0 Å². The molecule has 1 aromatic carbocycles. The number of hydrogen-bond donors (Lipinski definition) is 4. The van der Waals surface area contributed by atoms with Crippen molar-refractivity contribution in [1.29, 1.82) is 0 Å². The van der Waals surface area contributed by atoms with E-state index in [2.05, 4.69) is 15.3 Å². The van der Waals surface area contributed by atoms with Gasteiger partial charge in [-0.05, 0) is 25.1 Å². The number of β-lactam (4-membered cyclic amide) rings is 1. The number of hydrogen-bond acceptors (Lipinski definition) is 12. The second kappa shape index (κ2) is 12.6. The fourth-order valence-electron chi connectivity index (χ4n) is 3.75. The zero-order valence-electron chi connectivity index (χ0n) is 19.8. The first-order chi connectivity index (χ1) is 18.1. The first-order valence-corrected chi connectivity index (χ1v) is 15.8. The summed E-state index contributed by atoms with van der Waals surface area (Å²) in [5, 5.41) is 14.1. The number of nitrogens with one attached hydrogen (secondary N) is 1. The highest BCUT2D eigenvalue weighted by Crippen LogP contribution is 2.44. The standard InChI is InChI=1S/C21H23Cl2N7O4S4/c1-2-29-20(25)27-19(24)28-21(29)38-8-37-12-6-36-17-14(16(32)30(17)15(12)18(33)34)26-13(31)7-35-11-5-9(22)3-4-10(11)23/h3-5,14,17,20H,2,6-8,25H2,1H3,(H2,24,27)(H,26,31)(H,33,34)/t14-,17-,20?/m1/s1. The lowest BCUT2D eigenvalue weighted by atomic mass is 10.1. The average Bonchev–Trinajstić information content (AvgIpc) is 2.87. The van der Waals surface area contributed by atoms with Crippen LogP contribution in [0.15, 0.2) is 43.7 Å². The second-order valence-electron chi connectivity index (χ2n) is 7.88. The van der Waals surface area contributed by atoms with Gasteiger partial charge in [0.25, 0.3) is 5.91 Å². The lowest BCUT2D eigenvalue weighted by molar-refractivity contribution is -0.150. The minimum atomic E-state index is -1.20. The van der Waals surface area contributed by atoms with E-state index < -0.39 is 29.6 Å². The molecule has 3 atom stereocenters. The van der Waals surface area contributed by atoms with E-state index in [9.17, 15) is 19.5 Å². The van der Waals surface area contributed by atoms with Crippen molar-refractivity contribution >= 4 is 99.2 Å². The zero-order chi connectivity index (χ0) is 27.6. The highest BCUT2D eigenvalue weighted by molar-refractivity contribution is 8.25. The highest BCUT2D eigenvalue weighted by Gasteiger charge is 2.54. The number of carbonyl (C=O) groups is 3. The number of guanidine groups is 1. The van der Waals surface area contributed by atoms with Gasteiger partial charge in [0, 0.05) is 27.1 Å². The van der Waals surface area contributed by atoms with Crippen molar-refractivity contribution in [2.24, 2.45) is 21.5 Å². The van der Waals surface area contributed by atoms with Crippen molar-refractivity contribution in [2.45, 2.75) is 29.5 Å². The molecule has 2 amide bonds. The molecule has 0 spiro atoms. The van der Waals surface area contributed by atoms with Crippen molar-refractivity contribution in [3.05, 3.63) is 38.8 Å². The van der Waals surface area contributed by atoms with Crippen LogP contribution in [0.1, 0.15) is 6.92 Å². The highest BCUT2D eigenvalue weighted by atomic mass is 35.5. The Morgan fingerprint density at radius 3 is 2.76 bits per heavy atom. The Balaban J connectivity index is 1.36. The summed E-state index contributed by atoms with van der Waals surface area (Å²) in [5.74, 6) is -1.53. The van der Waals surface area contributed by atoms with E-state index in [0.29, 0.717) is 42.4 Å². The van der Waals surface area contributed by atoms with Crippen LogP contribution in [-0.4, -0.2) is 84.7 Å². The Bertz CT molecular complexity index is 1250. The summed E-state index contributed by atoms with van der Waals surface area (Å²) >= 11 is 17.4. The number of aliphatic imine (C=N–C) groups is 2. The second-order valence-corrected chi connectivity index (χ2v) is 13.2. The molecule has 0 radical (unpaired) electrons. The molecule has 11 nitrogen and oxygen atoms in total. The van der Waals surface area contributed by atoms with Gasteiger partial charge in [0.15, 0.2) is 11.5 Å². The van der Waals surface area contributed by atoms with E-state index in [1.54, 1.807) is 23.1 Å². The van der Waals surface area contributed by atoms with Gasteiger partial charge in [-0.1, -0.05) is 35.0 Å². The Morgan fingerprint density at radius 2 is 2.05 bits per heavy atom. The van der Waals surface area contributed by atoms with E-state index in [1.807, 2.05) is 6.92 Å². The maximum atomic E-state index is 12.9. The van der Waals surface area contributed by atoms with Crippen LogP contribution >= 0.6 is 70.2 Å². The fourth-order valence-corrected chi connectivity index (χ4v) is 8.89. The summed E-state index contributed by atoms with van der Waals surface area (Å²) in [6.45, 7) is 2.49. The SMILES string of the molecule is CCN1C(SCSC2=C(C(=O)O)N3C(=O)[C@@H](NC(=O)CSc4cc(Cl)ccc4Cl)[C@H]3SC2)=NC(N)=NC1N. The number of carboxylic acid groups (broad SMARTS) is 1. The summed E-state index contributed by atoms with van der Waals surface area (Å²) in [6.07, 6.45) is -0.628. The molecule has 3 aliphatic heterocycles. The smallest absolute Gasteiger partial charge is 0.353 e. The number of nitrogens with zero attached hydrogens (tertiary/aromatic N) is 4. The fraction of sp³-hybridized carbons (Fsp3) is 0.381. The van der Waals surface area contributed by atoms with E-state index in [4.69, 9.17) is 34.7 Å². The van der Waals surface area contributed by atoms with Gasteiger partial charge in [0.05, 0.1) is 15.9 Å². The molecule has 1 aromatic rings. The lowest BCUT2D eigenvalue weighted by Gasteiger charge is -2.49. The van der Waals surface area contributed by atoms with Crippen LogP contribution < -0.4 is 16.8 Å². The molecular formula is C21H23Cl2N7O4S4. The van der Waals surface area contributed by atoms with Crippen LogP contribution in [0, 0.1) is 0 Å². The molecule has 1 unspecified atom stereocenters. The van der Waals surface area contributed by atoms with Crippen LogP contribution in [-0.2, 0) is 14.4 Å². The number of thioether (sulfide) groups is 4. The summed E-state index contributed by atoms with van der Waals surface area (Å²) in [6, 6.07) is 4.15. The predicted molar refractivity (Wildman–Crippen MR) is 156 cm³/mol. The quantitative estimate of drug-likeness (QED) is 0.179. The van der Waals surface area contributed by atoms with Gasteiger partial charge in [-0.25, -0.2) is 9.79 Å². The molecule has 0 aromatic heterocycles. The van der Waals surface area contributed by atoms with Gasteiger partial charge in [-0.15, -0.1) is 35.3 Å². The van der Waals surface area contributed by atoms with Crippen molar-refractivity contribution < 1.29 is 19.5 Å². The minimum Gasteiger partial charge on any atom is -0.477 e. The van der Waals surface area contributed by atoms with Crippen LogP contribution in [0.2, 0.25) is 10.0 Å². The summed E-state index contributed by atoms with van der Waals surface area (Å²) < 4.78 is 0. The number of benzene rings is 1. The first-order valence-electron chi connectivity index (χ1n) is 11.1. The van der Waals surface area contributed by atoms with E-state index in [-0.39, 0.29) is 23.3 Å². The molecule has 1 fully saturated rings. The molecule has 17 heteroatoms. The lowest BCUT2D eigenvalue weighted by Crippen LogP contribution is -2.70. The number of nitrogens with two attached hydrogens (primary N) is 2. The molecule has 1 saturated heterocycles. The Kier molecular flexibility index (Phi) is 9.71. The van der Waals surface area contributed by atoms with Gasteiger partial charge >= 0.3 is 5.97 Å². The van der Waals surface area contributed by atoms with E-state index in [0.717, 1.165) is 0 Å². The van der Waals surface area contributed by atoms with E-state index >= 15 is 0 Å². The van der Waals surface area contributed by atoms with Crippen molar-refractivity contribution in [3.63, 3.8) is 0 Å². The average molecular weight is 637 g/mol. The Morgan fingerprint density at radius 1 is 1.29 bits per heavy atom. The maximum absolute atomic E-state index is 12.9. The molecule has 6 N–H and O–H groups in total. The van der Waals surface area contributed by atoms with Gasteiger partial charge in [0.1, 0.15) is 17.1 Å². The zero-order valence-corrected chi connectivity index (χ0v) is 24.6. The number of carboxylic acids is 1. The van der Waals surface area contributed by atoms with Crippen LogP contribution in [0.5, 0.6) is 0 Å². The van der Waals surface area contributed by atoms with Crippen LogP contribution in [0.4, 0.5) is 0 Å². The van der Waals surface area contributed by atoms with Gasteiger partial charge in [-0.3, -0.25) is 20.2 Å². The summed E-state index contributed by atoms with van der Waals surface area (Å²) in [7, 11) is 0. The Labute approximate surface area is 245 Å². The molecule has 3 aliphatic rings. The Hall–Kier alpha value is -1.75. The molecule has 0 aliphatic carbocycles. The molecule has 3 heterocycles. The number of aliphatic carboxylic acids is 1. The van der Waals surface area contributed by atoms with Crippen molar-refractivity contribution in [3.8, 4) is 0 Å². The molecule has 38 heavy (non-hydrogen) atoms. The minimum absolute atomic E-state index is 0.0265. The summed E-state index contributed by atoms with van der Waals surface area (Å²) in [4.78, 5) is 50.1. The number of carbonyl (C=O) groups excluding carboxylic acids is 2. The molecule has 4 rings (SSSR count). The molecular weight excluding hydrogens is 613 g/mol. The van der Waals surface area contributed by atoms with Crippen molar-refractivity contribution in [1.82, 2.24) is 15.1 Å². The number of amidine groups is 1. The monoisotopic (exact) mass is 635 g/mol. The number of fused-ring (bicyclic) bond motifs is 1. The molecule has 0 saturated carbocycles. The third-order valence-corrected chi connectivity index (χ3v) is 10.9. The largest absolute Gasteiger partial charge is 0.477 e. The number of rotatable bonds is 9. The number of halogens is 2.